The molecule has 0 saturated carbocycles. The number of hydrogen-bond donors (Lipinski definition) is 1. The fourth-order valence-corrected chi connectivity index (χ4v) is 2.02. The lowest BCUT2D eigenvalue weighted by Gasteiger charge is -2.08. The van der Waals surface area contributed by atoms with Crippen LogP contribution in [0, 0.1) is 6.92 Å². The van der Waals surface area contributed by atoms with E-state index in [-0.39, 0.29) is 6.10 Å². The molecule has 0 radical (unpaired) electrons. The highest BCUT2D eigenvalue weighted by Crippen LogP contribution is 2.23. The Morgan fingerprint density at radius 2 is 2.26 bits per heavy atom. The highest BCUT2D eigenvalue weighted by atomic mass is 79.9. The van der Waals surface area contributed by atoms with Crippen LogP contribution < -0.4 is 5.73 Å². The Morgan fingerprint density at radius 3 is 2.89 bits per heavy atom. The fraction of sp³-hybridized carbons (Fsp3) is 0.385. The number of nitrogens with zero attached hydrogens (tertiary/aromatic N) is 2. The zero-order chi connectivity index (χ0) is 13.8. The van der Waals surface area contributed by atoms with Crippen LogP contribution in [0.3, 0.4) is 0 Å². The molecule has 0 spiro atoms. The van der Waals surface area contributed by atoms with Gasteiger partial charge in [-0.15, -0.1) is 0 Å². The van der Waals surface area contributed by atoms with Gasteiger partial charge in [0.2, 0.25) is 11.7 Å². The van der Waals surface area contributed by atoms with Gasteiger partial charge in [0.25, 0.3) is 0 Å². The van der Waals surface area contributed by atoms with Gasteiger partial charge in [-0.2, -0.15) is 4.98 Å². The number of hydrogen-bond acceptors (Lipinski definition) is 5. The number of aryl methyl sites for hydroxylation is 1. The van der Waals surface area contributed by atoms with E-state index in [4.69, 9.17) is 15.0 Å². The normalized spacial score (nSPS) is 12.6. The van der Waals surface area contributed by atoms with Crippen molar-refractivity contribution in [3.05, 3.63) is 34.1 Å². The number of methoxy groups -OCH3 is 1. The van der Waals surface area contributed by atoms with Gasteiger partial charge in [-0.1, -0.05) is 33.2 Å². The summed E-state index contributed by atoms with van der Waals surface area (Å²) < 4.78 is 11.4. The van der Waals surface area contributed by atoms with Crippen LogP contribution in [0.2, 0.25) is 0 Å². The Kier molecular flexibility index (Phi) is 4.68. The van der Waals surface area contributed by atoms with Gasteiger partial charge < -0.3 is 15.0 Å². The van der Waals surface area contributed by atoms with Gasteiger partial charge in [0.05, 0.1) is 12.5 Å². The van der Waals surface area contributed by atoms with E-state index >= 15 is 0 Å². The highest BCUT2D eigenvalue weighted by Gasteiger charge is 2.14. The number of aromatic nitrogens is 2. The topological polar surface area (TPSA) is 74.2 Å². The molecule has 1 unspecified atom stereocenters. The molecule has 102 valence electrons. The van der Waals surface area contributed by atoms with Crippen molar-refractivity contribution in [1.82, 2.24) is 10.1 Å². The molecule has 0 aliphatic rings. The predicted octanol–water partition coefficient (Wildman–Crippen LogP) is 2.32. The summed E-state index contributed by atoms with van der Waals surface area (Å²) in [7, 11) is 1.62. The first-order chi connectivity index (χ1) is 9.13. The molecule has 0 aliphatic heterocycles. The number of halogens is 1. The summed E-state index contributed by atoms with van der Waals surface area (Å²) in [5, 5.41) is 3.98. The minimum absolute atomic E-state index is 0.0990. The molecule has 0 fully saturated rings. The Morgan fingerprint density at radius 1 is 1.47 bits per heavy atom. The van der Waals surface area contributed by atoms with Gasteiger partial charge in [-0.3, -0.25) is 0 Å². The first-order valence-corrected chi connectivity index (χ1v) is 6.75. The third kappa shape index (κ3) is 3.40. The van der Waals surface area contributed by atoms with E-state index in [1.54, 1.807) is 7.11 Å². The summed E-state index contributed by atoms with van der Waals surface area (Å²) in [5.74, 6) is 1.10. The fourth-order valence-electron chi connectivity index (χ4n) is 1.64. The predicted molar refractivity (Wildman–Crippen MR) is 75.7 cm³/mol. The van der Waals surface area contributed by atoms with Crippen LogP contribution in [0.25, 0.3) is 11.4 Å². The maximum Gasteiger partial charge on any atom is 0.229 e. The third-order valence-corrected chi connectivity index (χ3v) is 3.75. The molecule has 2 N–H and O–H groups in total. The quantitative estimate of drug-likeness (QED) is 0.913. The van der Waals surface area contributed by atoms with Crippen molar-refractivity contribution in [3.8, 4) is 11.4 Å². The zero-order valence-corrected chi connectivity index (χ0v) is 12.5. The van der Waals surface area contributed by atoms with Crippen LogP contribution in [0.4, 0.5) is 0 Å². The SMILES string of the molecule is COC(CN)Cc1nc(-c2ccc(C)c(Br)c2)no1. The van der Waals surface area contributed by atoms with E-state index in [1.807, 2.05) is 25.1 Å². The van der Waals surface area contributed by atoms with Crippen LogP contribution >= 0.6 is 15.9 Å². The van der Waals surface area contributed by atoms with E-state index in [9.17, 15) is 0 Å². The van der Waals surface area contributed by atoms with Crippen LogP contribution in [-0.2, 0) is 11.2 Å². The molecule has 0 amide bonds. The monoisotopic (exact) mass is 325 g/mol. The summed E-state index contributed by atoms with van der Waals surface area (Å²) in [6, 6.07) is 5.94. The highest BCUT2D eigenvalue weighted by molar-refractivity contribution is 9.10. The Balaban J connectivity index is 2.18. The van der Waals surface area contributed by atoms with E-state index in [1.165, 1.54) is 0 Å². The minimum Gasteiger partial charge on any atom is -0.380 e. The van der Waals surface area contributed by atoms with E-state index in [0.29, 0.717) is 24.7 Å². The van der Waals surface area contributed by atoms with Crippen LogP contribution in [-0.4, -0.2) is 29.9 Å². The van der Waals surface area contributed by atoms with Crippen molar-refractivity contribution in [2.75, 3.05) is 13.7 Å². The second-order valence-electron chi connectivity index (χ2n) is 4.27. The van der Waals surface area contributed by atoms with Crippen molar-refractivity contribution in [2.24, 2.45) is 5.73 Å². The molecule has 1 aromatic carbocycles. The first-order valence-electron chi connectivity index (χ1n) is 5.96. The summed E-state index contributed by atoms with van der Waals surface area (Å²) >= 11 is 3.49. The molecule has 1 aromatic heterocycles. The van der Waals surface area contributed by atoms with Gasteiger partial charge >= 0.3 is 0 Å². The smallest absolute Gasteiger partial charge is 0.229 e. The molecular weight excluding hydrogens is 310 g/mol. The molecule has 0 aliphatic carbocycles. The Bertz CT molecular complexity index is 553. The molecule has 2 aromatic rings. The van der Waals surface area contributed by atoms with Crippen molar-refractivity contribution in [3.63, 3.8) is 0 Å². The van der Waals surface area contributed by atoms with Crippen molar-refractivity contribution in [2.45, 2.75) is 19.4 Å². The second kappa shape index (κ2) is 6.27. The summed E-state index contributed by atoms with van der Waals surface area (Å²) in [5.41, 5.74) is 7.64. The van der Waals surface area contributed by atoms with Gasteiger partial charge in [-0.05, 0) is 18.6 Å². The Labute approximate surface area is 120 Å². The number of rotatable bonds is 5. The molecular formula is C13H16BrN3O2. The number of nitrogens with two attached hydrogens (primary N) is 1. The number of ether oxygens (including phenoxy) is 1. The van der Waals surface area contributed by atoms with E-state index < -0.39 is 0 Å². The largest absolute Gasteiger partial charge is 0.380 e. The lowest BCUT2D eigenvalue weighted by Crippen LogP contribution is -2.24. The van der Waals surface area contributed by atoms with Crippen LogP contribution in [0.1, 0.15) is 11.5 Å². The van der Waals surface area contributed by atoms with Crippen molar-refractivity contribution in [1.29, 1.82) is 0 Å². The average molecular weight is 326 g/mol. The lowest BCUT2D eigenvalue weighted by molar-refractivity contribution is 0.102. The Hall–Kier alpha value is -1.24. The average Bonchev–Trinajstić information content (AvgIpc) is 2.87. The second-order valence-corrected chi connectivity index (χ2v) is 5.13. The van der Waals surface area contributed by atoms with Crippen LogP contribution in [0.5, 0.6) is 0 Å². The zero-order valence-electron chi connectivity index (χ0n) is 10.9. The third-order valence-electron chi connectivity index (χ3n) is 2.90. The molecule has 2 rings (SSSR count). The minimum atomic E-state index is -0.0990. The maximum absolute atomic E-state index is 5.56. The molecule has 0 saturated heterocycles. The first kappa shape index (κ1) is 14.2. The summed E-state index contributed by atoms with van der Waals surface area (Å²) in [6.45, 7) is 2.45. The molecule has 5 nitrogen and oxygen atoms in total. The molecule has 0 bridgehead atoms. The maximum atomic E-state index is 5.56. The van der Waals surface area contributed by atoms with Crippen molar-refractivity contribution < 1.29 is 9.26 Å². The standard InChI is InChI=1S/C13H16BrN3O2/c1-8-3-4-9(5-11(8)14)13-16-12(19-17-13)6-10(7-15)18-2/h3-5,10H,6-7,15H2,1-2H3. The lowest BCUT2D eigenvalue weighted by atomic mass is 10.1. The van der Waals surface area contributed by atoms with E-state index in [0.717, 1.165) is 15.6 Å². The van der Waals surface area contributed by atoms with Crippen molar-refractivity contribution >= 4 is 15.9 Å². The summed E-state index contributed by atoms with van der Waals surface area (Å²) in [4.78, 5) is 4.35. The van der Waals surface area contributed by atoms with Gasteiger partial charge in [-0.25, -0.2) is 0 Å². The van der Waals surface area contributed by atoms with Gasteiger partial charge in [0.1, 0.15) is 0 Å². The van der Waals surface area contributed by atoms with Crippen LogP contribution in [0.15, 0.2) is 27.2 Å². The summed E-state index contributed by atoms with van der Waals surface area (Å²) in [6.07, 6.45) is 0.422. The van der Waals surface area contributed by atoms with Gasteiger partial charge in [0, 0.05) is 23.7 Å². The molecule has 19 heavy (non-hydrogen) atoms. The number of benzene rings is 1. The molecule has 1 atom stereocenters. The molecule has 6 heteroatoms. The van der Waals surface area contributed by atoms with Gasteiger partial charge in [0.15, 0.2) is 0 Å². The van der Waals surface area contributed by atoms with E-state index in [2.05, 4.69) is 26.1 Å². The molecule has 1 heterocycles.